The van der Waals surface area contributed by atoms with Crippen molar-refractivity contribution in [2.75, 3.05) is 30.3 Å². The number of nitrogens with one attached hydrogen (secondary N) is 1. The minimum Gasteiger partial charge on any atom is -0.397 e. The number of hydrogen-bond acceptors (Lipinski definition) is 8. The second-order valence-electron chi connectivity index (χ2n) is 8.96. The number of benzene rings is 1. The number of amides is 2. The highest BCUT2D eigenvalue weighted by Gasteiger charge is 2.37. The van der Waals surface area contributed by atoms with Crippen molar-refractivity contribution in [1.82, 2.24) is 15.2 Å². The maximum absolute atomic E-state index is 12.6. The quantitative estimate of drug-likeness (QED) is 0.458. The van der Waals surface area contributed by atoms with Gasteiger partial charge in [0.1, 0.15) is 0 Å². The first kappa shape index (κ1) is 23.5. The Kier molecular flexibility index (Phi) is 6.87. The molecule has 0 saturated carbocycles. The third kappa shape index (κ3) is 4.97. The van der Waals surface area contributed by atoms with Crippen LogP contribution in [-0.4, -0.2) is 63.8 Å². The second kappa shape index (κ2) is 9.66. The zero-order valence-corrected chi connectivity index (χ0v) is 19.7. The number of carbonyl (C=O) groups excluding carboxylic acids is 2. The first-order chi connectivity index (χ1) is 15.7. The number of hydrogen-bond donors (Lipinski definition) is 4. The van der Waals surface area contributed by atoms with Crippen molar-refractivity contribution in [3.63, 3.8) is 0 Å². The zero-order valence-electron chi connectivity index (χ0n) is 18.9. The molecular formula is C23H31N5O4S. The summed E-state index contributed by atoms with van der Waals surface area (Å²) in [7, 11) is 0. The summed E-state index contributed by atoms with van der Waals surface area (Å²) in [5, 5.41) is 24.3. The number of anilines is 2. The smallest absolute Gasteiger partial charge is 0.255 e. The van der Waals surface area contributed by atoms with Crippen LogP contribution in [0.25, 0.3) is 0 Å². The molecule has 9 nitrogen and oxygen atoms in total. The van der Waals surface area contributed by atoms with Crippen molar-refractivity contribution < 1.29 is 19.8 Å². The highest BCUT2D eigenvalue weighted by molar-refractivity contribution is 7.11. The van der Waals surface area contributed by atoms with Crippen LogP contribution in [0.5, 0.6) is 0 Å². The molecule has 0 bridgehead atoms. The van der Waals surface area contributed by atoms with Gasteiger partial charge in [-0.15, -0.1) is 11.3 Å². The van der Waals surface area contributed by atoms with E-state index in [0.29, 0.717) is 19.0 Å². The number of aliphatic hydroxyl groups is 2. The van der Waals surface area contributed by atoms with Crippen molar-refractivity contribution in [1.29, 1.82) is 0 Å². The van der Waals surface area contributed by atoms with Crippen LogP contribution in [0.4, 0.5) is 11.4 Å². The number of carbonyl (C=O) groups is 2. The molecule has 2 aliphatic heterocycles. The summed E-state index contributed by atoms with van der Waals surface area (Å²) in [6, 6.07) is 7.78. The third-order valence-corrected chi connectivity index (χ3v) is 7.59. The fourth-order valence-corrected chi connectivity index (χ4v) is 5.58. The summed E-state index contributed by atoms with van der Waals surface area (Å²) in [4.78, 5) is 34.1. The van der Waals surface area contributed by atoms with Crippen LogP contribution in [-0.2, 0) is 22.7 Å². The normalized spacial score (nSPS) is 22.1. The van der Waals surface area contributed by atoms with Crippen molar-refractivity contribution in [2.45, 2.75) is 45.6 Å². The number of aromatic nitrogens is 1. The first-order valence-electron chi connectivity index (χ1n) is 11.2. The van der Waals surface area contributed by atoms with Crippen molar-refractivity contribution >= 4 is 34.5 Å². The molecule has 4 atom stereocenters. The van der Waals surface area contributed by atoms with E-state index in [4.69, 9.17) is 5.73 Å². The Morgan fingerprint density at radius 3 is 2.73 bits per heavy atom. The molecule has 10 heteroatoms. The lowest BCUT2D eigenvalue weighted by molar-refractivity contribution is -0.153. The summed E-state index contributed by atoms with van der Waals surface area (Å²) in [6.45, 7) is 6.65. The molecule has 1 fully saturated rings. The van der Waals surface area contributed by atoms with E-state index in [9.17, 15) is 19.8 Å². The molecule has 0 radical (unpaired) electrons. The van der Waals surface area contributed by atoms with Crippen LogP contribution in [0.1, 0.15) is 28.9 Å². The minimum absolute atomic E-state index is 0.221. The van der Waals surface area contributed by atoms with Crippen LogP contribution in [0.3, 0.4) is 0 Å². The van der Waals surface area contributed by atoms with E-state index in [1.165, 1.54) is 16.2 Å². The average Bonchev–Trinajstić information content (AvgIpc) is 3.34. The summed E-state index contributed by atoms with van der Waals surface area (Å²) in [5.74, 6) is -0.885. The number of thiazole rings is 1. The molecule has 1 aromatic heterocycles. The number of aryl methyl sites for hydroxylation is 1. The van der Waals surface area contributed by atoms with Crippen LogP contribution in [0.2, 0.25) is 0 Å². The Balaban J connectivity index is 1.26. The van der Waals surface area contributed by atoms with E-state index in [1.54, 1.807) is 0 Å². The van der Waals surface area contributed by atoms with Crippen LogP contribution in [0, 0.1) is 18.8 Å². The lowest BCUT2D eigenvalue weighted by atomic mass is 9.86. The molecule has 4 rings (SSSR count). The number of rotatable bonds is 6. The van der Waals surface area contributed by atoms with E-state index in [-0.39, 0.29) is 12.5 Å². The number of fused-ring (bicyclic) bond motifs is 1. The Morgan fingerprint density at radius 2 is 2.03 bits per heavy atom. The third-order valence-electron chi connectivity index (χ3n) is 6.59. The Labute approximate surface area is 197 Å². The maximum Gasteiger partial charge on any atom is 0.255 e. The van der Waals surface area contributed by atoms with Crippen molar-refractivity contribution in [3.8, 4) is 0 Å². The van der Waals surface area contributed by atoms with Gasteiger partial charge in [0, 0.05) is 24.5 Å². The van der Waals surface area contributed by atoms with Crippen LogP contribution < -0.4 is 16.0 Å². The van der Waals surface area contributed by atoms with Gasteiger partial charge < -0.3 is 31.1 Å². The Morgan fingerprint density at radius 1 is 1.27 bits per heavy atom. The molecule has 33 heavy (non-hydrogen) atoms. The Hall–Kier alpha value is -2.69. The van der Waals surface area contributed by atoms with Gasteiger partial charge in [0.05, 0.1) is 35.2 Å². The van der Waals surface area contributed by atoms with E-state index >= 15 is 0 Å². The summed E-state index contributed by atoms with van der Waals surface area (Å²) < 4.78 is 0. The van der Waals surface area contributed by atoms with Gasteiger partial charge in [0.15, 0.2) is 12.2 Å². The number of piperidine rings is 1. The molecular weight excluding hydrogens is 442 g/mol. The lowest BCUT2D eigenvalue weighted by Gasteiger charge is -2.39. The molecule has 2 aliphatic rings. The Bertz CT molecular complexity index is 1000. The van der Waals surface area contributed by atoms with Gasteiger partial charge in [-0.3, -0.25) is 9.59 Å². The highest BCUT2D eigenvalue weighted by Crippen LogP contribution is 2.31. The van der Waals surface area contributed by atoms with Crippen molar-refractivity contribution in [3.05, 3.63) is 39.8 Å². The average molecular weight is 474 g/mol. The number of nitrogens with zero attached hydrogens (tertiary/aromatic N) is 3. The second-order valence-corrected chi connectivity index (χ2v) is 10.3. The van der Waals surface area contributed by atoms with Gasteiger partial charge in [-0.25, -0.2) is 4.98 Å². The fourth-order valence-electron chi connectivity index (χ4n) is 4.62. The predicted octanol–water partition coefficient (Wildman–Crippen LogP) is 0.877. The molecule has 0 aliphatic carbocycles. The lowest BCUT2D eigenvalue weighted by Crippen LogP contribution is -2.51. The monoisotopic (exact) mass is 473 g/mol. The first-order valence-corrected chi connectivity index (χ1v) is 12.0. The molecule has 178 valence electrons. The van der Waals surface area contributed by atoms with Gasteiger partial charge in [-0.1, -0.05) is 19.1 Å². The van der Waals surface area contributed by atoms with Gasteiger partial charge in [-0.05, 0) is 37.3 Å². The van der Waals surface area contributed by atoms with E-state index in [0.717, 1.165) is 46.5 Å². The molecule has 1 saturated heterocycles. The molecule has 0 spiro atoms. The van der Waals surface area contributed by atoms with Crippen LogP contribution in [0.15, 0.2) is 24.3 Å². The fraction of sp³-hybridized carbons (Fsp3) is 0.522. The molecule has 5 N–H and O–H groups in total. The highest BCUT2D eigenvalue weighted by atomic mass is 32.1. The van der Waals surface area contributed by atoms with E-state index in [2.05, 4.69) is 22.1 Å². The molecule has 2 unspecified atom stereocenters. The molecule has 2 aromatic rings. The van der Waals surface area contributed by atoms with Gasteiger partial charge >= 0.3 is 0 Å². The number of nitrogens with two attached hydrogens (primary N) is 1. The van der Waals surface area contributed by atoms with Crippen molar-refractivity contribution in [2.24, 2.45) is 11.8 Å². The molecule has 2 amide bonds. The summed E-state index contributed by atoms with van der Waals surface area (Å²) in [6.07, 6.45) is -2.76. The number of para-hydroxylation sites is 2. The zero-order chi connectivity index (χ0) is 23.7. The minimum atomic E-state index is -1.81. The molecule has 1 aromatic carbocycles. The number of nitrogen functional groups attached to an aromatic ring is 1. The van der Waals surface area contributed by atoms with Crippen LogP contribution >= 0.6 is 11.3 Å². The SMILES string of the molecule is Cc1nc2c(s1)CN(C(=O)[C@H](O)[C@@H](O)C(=O)NCC1CCN(c3ccccc3N)CC1C)C2. The topological polar surface area (TPSA) is 132 Å². The summed E-state index contributed by atoms with van der Waals surface area (Å²) in [5.41, 5.74) is 8.68. The van der Waals surface area contributed by atoms with Gasteiger partial charge in [0.25, 0.3) is 11.8 Å². The van der Waals surface area contributed by atoms with E-state index < -0.39 is 24.0 Å². The predicted molar refractivity (Wildman–Crippen MR) is 126 cm³/mol. The van der Waals surface area contributed by atoms with Gasteiger partial charge in [-0.2, -0.15) is 0 Å². The van der Waals surface area contributed by atoms with E-state index in [1.807, 2.05) is 31.2 Å². The maximum atomic E-state index is 12.6. The number of aliphatic hydroxyl groups excluding tert-OH is 2. The summed E-state index contributed by atoms with van der Waals surface area (Å²) >= 11 is 1.51. The largest absolute Gasteiger partial charge is 0.397 e. The molecule has 3 heterocycles. The van der Waals surface area contributed by atoms with Gasteiger partial charge in [0.2, 0.25) is 0 Å². The standard InChI is InChI=1S/C23H31N5O4S/c1-13-10-27(18-6-4-3-5-16(18)24)8-7-15(13)9-25-22(31)20(29)21(30)23(32)28-11-17-19(12-28)33-14(2)26-17/h3-6,13,15,20-21,29-30H,7-12,24H2,1-2H3,(H,25,31)/t13?,15?,20-,21-/m1/s1.